The van der Waals surface area contributed by atoms with Crippen LogP contribution >= 0.6 is 0 Å². The topological polar surface area (TPSA) is 211 Å². The minimum absolute atomic E-state index is 0.381. The lowest BCUT2D eigenvalue weighted by Gasteiger charge is -2.14. The van der Waals surface area contributed by atoms with Gasteiger partial charge in [-0.3, -0.25) is 0 Å². The van der Waals surface area contributed by atoms with E-state index in [1.807, 2.05) is 0 Å². The molecule has 2 N–H and O–H groups in total. The van der Waals surface area contributed by atoms with Gasteiger partial charge in [-0.1, -0.05) is 24.3 Å². The third kappa shape index (κ3) is 4.67. The monoisotopic (exact) mass is 434 g/mol. The van der Waals surface area contributed by atoms with Crippen molar-refractivity contribution >= 4 is 35.5 Å². The number of nitro groups is 2. The smallest absolute Gasteiger partial charge is 0.461 e. The van der Waals surface area contributed by atoms with Crippen molar-refractivity contribution in [1.29, 1.82) is 0 Å². The van der Waals surface area contributed by atoms with Crippen LogP contribution in [-0.4, -0.2) is 44.4 Å². The number of carbonyl (C=O) groups is 4. The highest BCUT2D eigenvalue weighted by molar-refractivity contribution is 6.09. The van der Waals surface area contributed by atoms with Gasteiger partial charge in [0.25, 0.3) is 0 Å². The van der Waals surface area contributed by atoms with Crippen LogP contribution in [0.4, 0.5) is 21.0 Å². The molecule has 0 aromatic heterocycles. The third-order valence-corrected chi connectivity index (χ3v) is 3.58. The molecule has 2 aromatic carbocycles. The number of hydrazine groups is 2. The Morgan fingerprint density at radius 2 is 1.03 bits per heavy atom. The standard InChI is InChI=1S/C16H10N4O11/c21-13(9-5-1-3-7-11(9)17(15(23)24)19(27)28)31-14(22)10-6-2-4-8-12(10)18(16(25)26)20(29)30/h1-8H,(H,23,24)(H,25,26). The molecule has 0 bridgehead atoms. The van der Waals surface area contributed by atoms with E-state index in [1.54, 1.807) is 0 Å². The Morgan fingerprint density at radius 1 is 0.710 bits per heavy atom. The molecule has 0 saturated carbocycles. The molecule has 0 saturated heterocycles. The molecule has 2 rings (SSSR count). The molecule has 0 atom stereocenters. The van der Waals surface area contributed by atoms with Crippen LogP contribution in [0, 0.1) is 20.2 Å². The second kappa shape index (κ2) is 8.95. The van der Waals surface area contributed by atoms with E-state index >= 15 is 0 Å². The van der Waals surface area contributed by atoms with E-state index in [0.29, 0.717) is 0 Å². The normalized spacial score (nSPS) is 9.94. The Hall–Kier alpha value is -5.08. The minimum atomic E-state index is -2.04. The van der Waals surface area contributed by atoms with Gasteiger partial charge in [0, 0.05) is 10.0 Å². The van der Waals surface area contributed by atoms with Crippen LogP contribution in [0.2, 0.25) is 0 Å². The maximum Gasteiger partial charge on any atom is 0.470 e. The lowest BCUT2D eigenvalue weighted by Crippen LogP contribution is -2.37. The average molecular weight is 434 g/mol. The maximum atomic E-state index is 12.4. The van der Waals surface area contributed by atoms with Gasteiger partial charge in [-0.2, -0.15) is 0 Å². The molecule has 2 amide bonds. The summed E-state index contributed by atoms with van der Waals surface area (Å²) < 4.78 is 4.56. The largest absolute Gasteiger partial charge is 0.470 e. The lowest BCUT2D eigenvalue weighted by atomic mass is 10.1. The summed E-state index contributed by atoms with van der Waals surface area (Å²) in [6.07, 6.45) is -4.07. The Labute approximate surface area is 170 Å². The van der Waals surface area contributed by atoms with Crippen LogP contribution in [0.1, 0.15) is 20.7 Å². The van der Waals surface area contributed by atoms with E-state index < -0.39 is 56.7 Å². The second-order valence-electron chi connectivity index (χ2n) is 5.38. The second-order valence-corrected chi connectivity index (χ2v) is 5.38. The highest BCUT2D eigenvalue weighted by Gasteiger charge is 2.34. The molecular formula is C16H10N4O11. The van der Waals surface area contributed by atoms with Crippen LogP contribution < -0.4 is 10.0 Å². The number of hydrogen-bond acceptors (Lipinski definition) is 9. The SMILES string of the molecule is O=C(OC(=O)c1ccccc1N(C(=O)O)[N+](=O)[O-])c1ccccc1N(C(=O)O)[N+](=O)[O-]. The number of para-hydroxylation sites is 2. The summed E-state index contributed by atoms with van der Waals surface area (Å²) in [6.45, 7) is 0. The highest BCUT2D eigenvalue weighted by Crippen LogP contribution is 2.25. The first-order valence-corrected chi connectivity index (χ1v) is 7.85. The fourth-order valence-corrected chi connectivity index (χ4v) is 2.38. The number of benzene rings is 2. The predicted molar refractivity (Wildman–Crippen MR) is 97.6 cm³/mol. The van der Waals surface area contributed by atoms with Gasteiger partial charge in [0.1, 0.15) is 11.4 Å². The first-order valence-electron chi connectivity index (χ1n) is 7.85. The van der Waals surface area contributed by atoms with E-state index in [0.717, 1.165) is 24.3 Å². The molecule has 0 radical (unpaired) electrons. The summed E-state index contributed by atoms with van der Waals surface area (Å²) in [6, 6.07) is 8.48. The molecule has 0 aliphatic carbocycles. The first-order chi connectivity index (χ1) is 14.6. The molecule has 15 nitrogen and oxygen atoms in total. The van der Waals surface area contributed by atoms with Crippen molar-refractivity contribution in [2.75, 3.05) is 10.0 Å². The number of amides is 2. The first kappa shape index (κ1) is 22.2. The number of carbonyl (C=O) groups excluding carboxylic acids is 2. The Morgan fingerprint density at radius 3 is 1.32 bits per heavy atom. The number of esters is 2. The van der Waals surface area contributed by atoms with Gasteiger partial charge >= 0.3 is 24.1 Å². The Kier molecular flexibility index (Phi) is 6.41. The molecule has 0 unspecified atom stereocenters. The number of ether oxygens (including phenoxy) is 1. The van der Waals surface area contributed by atoms with Crippen molar-refractivity contribution in [3.05, 3.63) is 79.9 Å². The quantitative estimate of drug-likeness (QED) is 0.290. The summed E-state index contributed by atoms with van der Waals surface area (Å²) in [4.78, 5) is 69.1. The molecule has 31 heavy (non-hydrogen) atoms. The van der Waals surface area contributed by atoms with E-state index in [2.05, 4.69) is 4.74 Å². The molecule has 0 aliphatic heterocycles. The van der Waals surface area contributed by atoms with Gasteiger partial charge in [0.2, 0.25) is 0 Å². The predicted octanol–water partition coefficient (Wildman–Crippen LogP) is 2.04. The van der Waals surface area contributed by atoms with Crippen LogP contribution in [-0.2, 0) is 4.74 Å². The summed E-state index contributed by atoms with van der Waals surface area (Å²) in [5.41, 5.74) is -2.83. The van der Waals surface area contributed by atoms with Gasteiger partial charge in [0.15, 0.2) is 10.1 Å². The number of nitrogens with zero attached hydrogens (tertiary/aromatic N) is 4. The lowest BCUT2D eigenvalue weighted by molar-refractivity contribution is -0.483. The maximum absolute atomic E-state index is 12.4. The van der Waals surface area contributed by atoms with Gasteiger partial charge in [0.05, 0.1) is 11.1 Å². The minimum Gasteiger partial charge on any atom is -0.461 e. The van der Waals surface area contributed by atoms with E-state index in [1.165, 1.54) is 24.3 Å². The third-order valence-electron chi connectivity index (χ3n) is 3.58. The molecule has 0 aliphatic rings. The fourth-order valence-electron chi connectivity index (χ4n) is 2.38. The Bertz CT molecular complexity index is 987. The highest BCUT2D eigenvalue weighted by atomic mass is 16.7. The molecule has 0 spiro atoms. The zero-order chi connectivity index (χ0) is 23.3. The van der Waals surface area contributed by atoms with Crippen LogP contribution in [0.15, 0.2) is 48.5 Å². The molecule has 0 heterocycles. The summed E-state index contributed by atoms with van der Waals surface area (Å²) >= 11 is 0. The van der Waals surface area contributed by atoms with Gasteiger partial charge < -0.3 is 14.9 Å². The number of hydrogen-bond donors (Lipinski definition) is 2. The van der Waals surface area contributed by atoms with Gasteiger partial charge in [-0.25, -0.2) is 39.4 Å². The fraction of sp³-hybridized carbons (Fsp3) is 0. The van der Waals surface area contributed by atoms with Crippen molar-refractivity contribution in [3.63, 3.8) is 0 Å². The number of rotatable bonds is 6. The summed E-state index contributed by atoms with van der Waals surface area (Å²) in [7, 11) is 0. The van der Waals surface area contributed by atoms with E-state index in [9.17, 15) is 39.4 Å². The Balaban J connectivity index is 2.43. The van der Waals surface area contributed by atoms with E-state index in [4.69, 9.17) is 10.2 Å². The summed E-state index contributed by atoms with van der Waals surface area (Å²) in [5, 5.41) is 36.6. The van der Waals surface area contributed by atoms with Gasteiger partial charge in [-0.05, 0) is 24.3 Å². The van der Waals surface area contributed by atoms with Crippen molar-refractivity contribution in [2.45, 2.75) is 0 Å². The van der Waals surface area contributed by atoms with Crippen molar-refractivity contribution in [1.82, 2.24) is 0 Å². The van der Waals surface area contributed by atoms with E-state index in [-0.39, 0.29) is 10.0 Å². The van der Waals surface area contributed by atoms with Crippen molar-refractivity contribution in [3.8, 4) is 0 Å². The van der Waals surface area contributed by atoms with Crippen LogP contribution in [0.25, 0.3) is 0 Å². The molecule has 160 valence electrons. The molecule has 15 heteroatoms. The van der Waals surface area contributed by atoms with Crippen molar-refractivity contribution < 1.29 is 44.2 Å². The molecular weight excluding hydrogens is 424 g/mol. The zero-order valence-corrected chi connectivity index (χ0v) is 15.0. The van der Waals surface area contributed by atoms with Crippen molar-refractivity contribution in [2.24, 2.45) is 0 Å². The number of carboxylic acid groups (broad SMARTS) is 2. The van der Waals surface area contributed by atoms with Gasteiger partial charge in [-0.15, -0.1) is 0 Å². The molecule has 0 fully saturated rings. The average Bonchev–Trinajstić information content (AvgIpc) is 2.67. The summed E-state index contributed by atoms with van der Waals surface area (Å²) in [5.74, 6) is -3.04. The van der Waals surface area contributed by atoms with Crippen LogP contribution in [0.3, 0.4) is 0 Å². The van der Waals surface area contributed by atoms with Crippen LogP contribution in [0.5, 0.6) is 0 Å². The molecule has 2 aromatic rings. The zero-order valence-electron chi connectivity index (χ0n) is 15.0. The number of anilines is 2.